The zero-order chi connectivity index (χ0) is 12.5. The van der Waals surface area contributed by atoms with Gasteiger partial charge in [-0.1, -0.05) is 18.6 Å². The Morgan fingerprint density at radius 2 is 2.24 bits per heavy atom. The lowest BCUT2D eigenvalue weighted by Crippen LogP contribution is -2.31. The Balaban J connectivity index is 2.04. The Morgan fingerprint density at radius 3 is 2.71 bits per heavy atom. The highest BCUT2D eigenvalue weighted by molar-refractivity contribution is 7.91. The van der Waals surface area contributed by atoms with Gasteiger partial charge in [0, 0.05) is 6.54 Å². The SMILES string of the molecule is NC(=S)c1ccc(S(=O)(=O)NCC2CCC2)s1. The van der Waals surface area contributed by atoms with E-state index in [-0.39, 0.29) is 9.20 Å². The molecule has 0 spiro atoms. The third-order valence-electron chi connectivity index (χ3n) is 2.88. The lowest BCUT2D eigenvalue weighted by Gasteiger charge is -2.25. The van der Waals surface area contributed by atoms with E-state index in [9.17, 15) is 8.42 Å². The summed E-state index contributed by atoms with van der Waals surface area (Å²) in [7, 11) is -3.39. The smallest absolute Gasteiger partial charge is 0.250 e. The molecule has 1 saturated carbocycles. The predicted octanol–water partition coefficient (Wildman–Crippen LogP) is 1.46. The molecule has 1 aliphatic carbocycles. The van der Waals surface area contributed by atoms with Crippen LogP contribution in [-0.2, 0) is 10.0 Å². The molecule has 7 heteroatoms. The first-order valence-electron chi connectivity index (χ1n) is 5.38. The largest absolute Gasteiger partial charge is 0.389 e. The summed E-state index contributed by atoms with van der Waals surface area (Å²) in [5.41, 5.74) is 5.45. The van der Waals surface area contributed by atoms with Crippen molar-refractivity contribution >= 4 is 38.6 Å². The van der Waals surface area contributed by atoms with Gasteiger partial charge in [-0.2, -0.15) is 0 Å². The zero-order valence-corrected chi connectivity index (χ0v) is 11.6. The molecule has 1 heterocycles. The molecule has 4 nitrogen and oxygen atoms in total. The molecule has 0 saturated heterocycles. The van der Waals surface area contributed by atoms with E-state index in [1.807, 2.05) is 0 Å². The van der Waals surface area contributed by atoms with Crippen molar-refractivity contribution in [3.8, 4) is 0 Å². The summed E-state index contributed by atoms with van der Waals surface area (Å²) in [5, 5.41) is 0. The predicted molar refractivity (Wildman–Crippen MR) is 72.7 cm³/mol. The van der Waals surface area contributed by atoms with E-state index in [0.717, 1.165) is 24.2 Å². The second kappa shape index (κ2) is 5.01. The molecule has 1 fully saturated rings. The van der Waals surface area contributed by atoms with Gasteiger partial charge in [-0.05, 0) is 30.9 Å². The Labute approximate surface area is 110 Å². The second-order valence-electron chi connectivity index (χ2n) is 4.13. The minimum absolute atomic E-state index is 0.232. The van der Waals surface area contributed by atoms with E-state index in [1.54, 1.807) is 12.1 Å². The van der Waals surface area contributed by atoms with Crippen LogP contribution in [0.25, 0.3) is 0 Å². The minimum Gasteiger partial charge on any atom is -0.389 e. The van der Waals surface area contributed by atoms with Crippen LogP contribution < -0.4 is 10.5 Å². The maximum Gasteiger partial charge on any atom is 0.250 e. The molecule has 0 radical (unpaired) electrons. The highest BCUT2D eigenvalue weighted by Gasteiger charge is 2.22. The molecule has 0 bridgehead atoms. The maximum absolute atomic E-state index is 11.9. The molecule has 0 atom stereocenters. The van der Waals surface area contributed by atoms with Gasteiger partial charge in [0.05, 0.1) is 4.88 Å². The van der Waals surface area contributed by atoms with Crippen molar-refractivity contribution in [2.24, 2.45) is 11.7 Å². The van der Waals surface area contributed by atoms with Crippen molar-refractivity contribution < 1.29 is 8.42 Å². The van der Waals surface area contributed by atoms with Crippen LogP contribution in [0.1, 0.15) is 24.1 Å². The van der Waals surface area contributed by atoms with Crippen LogP contribution in [0.4, 0.5) is 0 Å². The fourth-order valence-corrected chi connectivity index (χ4v) is 4.10. The van der Waals surface area contributed by atoms with E-state index < -0.39 is 10.0 Å². The molecule has 1 aliphatic rings. The summed E-state index contributed by atoms with van der Waals surface area (Å²) in [5.74, 6) is 0.500. The van der Waals surface area contributed by atoms with Gasteiger partial charge < -0.3 is 5.73 Å². The molecule has 0 aliphatic heterocycles. The van der Waals surface area contributed by atoms with Gasteiger partial charge >= 0.3 is 0 Å². The number of thiophene rings is 1. The summed E-state index contributed by atoms with van der Waals surface area (Å²) in [4.78, 5) is 0.861. The highest BCUT2D eigenvalue weighted by Crippen LogP contribution is 2.26. The van der Waals surface area contributed by atoms with Crippen molar-refractivity contribution in [1.29, 1.82) is 0 Å². The molecule has 3 N–H and O–H groups in total. The summed E-state index contributed by atoms with van der Waals surface area (Å²) in [6.45, 7) is 0.530. The van der Waals surface area contributed by atoms with E-state index in [2.05, 4.69) is 4.72 Å². The first-order chi connectivity index (χ1) is 7.99. The highest BCUT2D eigenvalue weighted by atomic mass is 32.2. The molecule has 94 valence electrons. The van der Waals surface area contributed by atoms with Crippen LogP contribution in [0.5, 0.6) is 0 Å². The van der Waals surface area contributed by atoms with Crippen molar-refractivity contribution in [2.75, 3.05) is 6.54 Å². The maximum atomic E-state index is 11.9. The van der Waals surface area contributed by atoms with Crippen LogP contribution in [0.15, 0.2) is 16.3 Å². The van der Waals surface area contributed by atoms with Crippen molar-refractivity contribution in [3.63, 3.8) is 0 Å². The summed E-state index contributed by atoms with van der Waals surface area (Å²) >= 11 is 5.91. The fourth-order valence-electron chi connectivity index (χ4n) is 1.59. The lowest BCUT2D eigenvalue weighted by molar-refractivity contribution is 0.316. The normalized spacial score (nSPS) is 16.7. The molecule has 1 aromatic heterocycles. The fraction of sp³-hybridized carbons (Fsp3) is 0.500. The van der Waals surface area contributed by atoms with Crippen LogP contribution >= 0.6 is 23.6 Å². The Hall–Kier alpha value is -0.500. The lowest BCUT2D eigenvalue weighted by atomic mass is 9.86. The second-order valence-corrected chi connectivity index (χ2v) is 7.65. The number of thiocarbonyl (C=S) groups is 1. The number of sulfonamides is 1. The number of hydrogen-bond acceptors (Lipinski definition) is 4. The average Bonchev–Trinajstić information content (AvgIpc) is 2.63. The van der Waals surface area contributed by atoms with E-state index in [1.165, 1.54) is 6.42 Å². The van der Waals surface area contributed by atoms with Crippen LogP contribution in [0, 0.1) is 5.92 Å². The number of hydrogen-bond donors (Lipinski definition) is 2. The monoisotopic (exact) mass is 290 g/mol. The van der Waals surface area contributed by atoms with Gasteiger partial charge in [-0.3, -0.25) is 0 Å². The van der Waals surface area contributed by atoms with E-state index in [0.29, 0.717) is 17.3 Å². The molecule has 1 aromatic rings. The number of nitrogens with one attached hydrogen (secondary N) is 1. The topological polar surface area (TPSA) is 72.2 Å². The summed E-state index contributed by atoms with van der Waals surface area (Å²) in [6.07, 6.45) is 3.44. The summed E-state index contributed by atoms with van der Waals surface area (Å²) in [6, 6.07) is 3.19. The first kappa shape index (κ1) is 12.9. The minimum atomic E-state index is -3.39. The van der Waals surface area contributed by atoms with E-state index >= 15 is 0 Å². The molecular weight excluding hydrogens is 276 g/mol. The standard InChI is InChI=1S/C10H14N2O2S3/c11-10(15)8-4-5-9(16-8)17(13,14)12-6-7-2-1-3-7/h4-5,7,12H,1-3,6H2,(H2,11,15). The van der Waals surface area contributed by atoms with Gasteiger partial charge in [-0.15, -0.1) is 11.3 Å². The zero-order valence-electron chi connectivity index (χ0n) is 9.18. The Morgan fingerprint density at radius 1 is 1.53 bits per heavy atom. The van der Waals surface area contributed by atoms with Gasteiger partial charge in [0.1, 0.15) is 9.20 Å². The first-order valence-corrected chi connectivity index (χ1v) is 8.09. The van der Waals surface area contributed by atoms with Crippen molar-refractivity contribution in [2.45, 2.75) is 23.5 Å². The van der Waals surface area contributed by atoms with Gasteiger partial charge in [0.2, 0.25) is 10.0 Å². The quantitative estimate of drug-likeness (QED) is 0.805. The van der Waals surface area contributed by atoms with Crippen LogP contribution in [0.3, 0.4) is 0 Å². The Kier molecular flexibility index (Phi) is 3.82. The van der Waals surface area contributed by atoms with Crippen LogP contribution in [-0.4, -0.2) is 20.0 Å². The van der Waals surface area contributed by atoms with Crippen molar-refractivity contribution in [1.82, 2.24) is 4.72 Å². The van der Waals surface area contributed by atoms with Gasteiger partial charge in [0.15, 0.2) is 0 Å². The number of rotatable bonds is 5. The molecule has 0 unspecified atom stereocenters. The third kappa shape index (κ3) is 3.04. The van der Waals surface area contributed by atoms with Crippen LogP contribution in [0.2, 0.25) is 0 Å². The molecule has 0 amide bonds. The third-order valence-corrected chi connectivity index (χ3v) is 6.26. The van der Waals surface area contributed by atoms with E-state index in [4.69, 9.17) is 18.0 Å². The number of nitrogens with two attached hydrogens (primary N) is 1. The molecule has 2 rings (SSSR count). The molecule has 17 heavy (non-hydrogen) atoms. The molecule has 0 aromatic carbocycles. The van der Waals surface area contributed by atoms with Gasteiger partial charge in [0.25, 0.3) is 0 Å². The molecular formula is C10H14N2O2S3. The van der Waals surface area contributed by atoms with Crippen molar-refractivity contribution in [3.05, 3.63) is 17.0 Å². The van der Waals surface area contributed by atoms with Gasteiger partial charge in [-0.25, -0.2) is 13.1 Å². The average molecular weight is 290 g/mol. The summed E-state index contributed by atoms with van der Waals surface area (Å²) < 4.78 is 26.8. The Bertz CT molecular complexity index is 517.